The Morgan fingerprint density at radius 3 is 2.28 bits per heavy atom. The highest BCUT2D eigenvalue weighted by molar-refractivity contribution is 9.10. The summed E-state index contributed by atoms with van der Waals surface area (Å²) in [5.41, 5.74) is 0.518. The van der Waals surface area contributed by atoms with Gasteiger partial charge in [0.15, 0.2) is 5.69 Å². The maximum absolute atomic E-state index is 12.4. The van der Waals surface area contributed by atoms with E-state index in [1.807, 2.05) is 16.5 Å². The van der Waals surface area contributed by atoms with Gasteiger partial charge < -0.3 is 9.47 Å². The SMILES string of the molecule is CCCCN(CCCC)C(=O)c1ncn(C)c1Br. The number of imidazole rings is 1. The van der Waals surface area contributed by atoms with E-state index < -0.39 is 0 Å². The second-order valence-corrected chi connectivity index (χ2v) is 5.25. The van der Waals surface area contributed by atoms with Crippen molar-refractivity contribution in [3.05, 3.63) is 16.6 Å². The van der Waals surface area contributed by atoms with Crippen LogP contribution in [0.1, 0.15) is 50.0 Å². The first-order valence-corrected chi connectivity index (χ1v) is 7.37. The summed E-state index contributed by atoms with van der Waals surface area (Å²) in [7, 11) is 1.87. The third-order valence-electron chi connectivity index (χ3n) is 2.92. The van der Waals surface area contributed by atoms with Gasteiger partial charge in [0.25, 0.3) is 5.91 Å². The minimum Gasteiger partial charge on any atom is -0.337 e. The van der Waals surface area contributed by atoms with Crippen LogP contribution in [0.25, 0.3) is 0 Å². The van der Waals surface area contributed by atoms with Crippen molar-refractivity contribution in [3.8, 4) is 0 Å². The molecule has 0 saturated heterocycles. The van der Waals surface area contributed by atoms with Gasteiger partial charge in [-0.15, -0.1) is 0 Å². The molecule has 0 spiro atoms. The molecule has 1 heterocycles. The second-order valence-electron chi connectivity index (χ2n) is 4.49. The third kappa shape index (κ3) is 3.83. The summed E-state index contributed by atoms with van der Waals surface area (Å²) in [5, 5.41) is 0. The molecule has 0 fully saturated rings. The zero-order chi connectivity index (χ0) is 13.5. The number of hydrogen-bond acceptors (Lipinski definition) is 2. The van der Waals surface area contributed by atoms with Crippen LogP contribution in [-0.4, -0.2) is 33.4 Å². The lowest BCUT2D eigenvalue weighted by Crippen LogP contribution is -2.33. The van der Waals surface area contributed by atoms with Crippen LogP contribution in [0.2, 0.25) is 0 Å². The van der Waals surface area contributed by atoms with E-state index in [1.165, 1.54) is 0 Å². The summed E-state index contributed by atoms with van der Waals surface area (Å²) in [6.07, 6.45) is 5.94. The fourth-order valence-corrected chi connectivity index (χ4v) is 2.08. The number of carbonyl (C=O) groups excluding carboxylic acids is 1. The molecule has 0 aromatic carbocycles. The molecule has 0 N–H and O–H groups in total. The van der Waals surface area contributed by atoms with E-state index in [9.17, 15) is 4.79 Å². The molecule has 0 atom stereocenters. The van der Waals surface area contributed by atoms with E-state index in [2.05, 4.69) is 34.8 Å². The highest BCUT2D eigenvalue weighted by Crippen LogP contribution is 2.16. The standard InChI is InChI=1S/C13H22BrN3O/c1-4-6-8-17(9-7-5-2)13(18)11-12(14)16(3)10-15-11/h10H,4-9H2,1-3H3. The Balaban J connectivity index is 2.77. The Hall–Kier alpha value is -0.840. The zero-order valence-corrected chi connectivity index (χ0v) is 13.0. The normalized spacial score (nSPS) is 10.7. The number of hydrogen-bond donors (Lipinski definition) is 0. The van der Waals surface area contributed by atoms with E-state index in [4.69, 9.17) is 0 Å². The van der Waals surface area contributed by atoms with Gasteiger partial charge in [-0.25, -0.2) is 4.98 Å². The van der Waals surface area contributed by atoms with Gasteiger partial charge in [0.1, 0.15) is 4.60 Å². The molecule has 102 valence electrons. The second kappa shape index (κ2) is 7.56. The Morgan fingerprint density at radius 1 is 1.33 bits per heavy atom. The molecular formula is C13H22BrN3O. The molecule has 4 nitrogen and oxygen atoms in total. The molecule has 1 aromatic heterocycles. The van der Waals surface area contributed by atoms with E-state index >= 15 is 0 Å². The smallest absolute Gasteiger partial charge is 0.275 e. The van der Waals surface area contributed by atoms with Crippen LogP contribution in [-0.2, 0) is 7.05 Å². The van der Waals surface area contributed by atoms with E-state index in [0.717, 1.165) is 43.4 Å². The molecule has 0 radical (unpaired) electrons. The minimum absolute atomic E-state index is 0.0318. The van der Waals surface area contributed by atoms with Gasteiger partial charge in [0.2, 0.25) is 0 Å². The first kappa shape index (κ1) is 15.2. The molecule has 0 unspecified atom stereocenters. The van der Waals surface area contributed by atoms with Gasteiger partial charge in [0, 0.05) is 20.1 Å². The summed E-state index contributed by atoms with van der Waals surface area (Å²) in [4.78, 5) is 18.5. The lowest BCUT2D eigenvalue weighted by atomic mass is 10.2. The molecule has 1 amide bonds. The number of carbonyl (C=O) groups is 1. The molecular weight excluding hydrogens is 294 g/mol. The van der Waals surface area contributed by atoms with Gasteiger partial charge in [-0.3, -0.25) is 4.79 Å². The Labute approximate surface area is 118 Å². The van der Waals surface area contributed by atoms with E-state index in [0.29, 0.717) is 5.69 Å². The fourth-order valence-electron chi connectivity index (χ4n) is 1.72. The molecule has 0 aliphatic heterocycles. The number of nitrogens with zero attached hydrogens (tertiary/aromatic N) is 3. The molecule has 0 aliphatic carbocycles. The van der Waals surface area contributed by atoms with Gasteiger partial charge in [0.05, 0.1) is 6.33 Å². The van der Waals surface area contributed by atoms with Gasteiger partial charge >= 0.3 is 0 Å². The summed E-state index contributed by atoms with van der Waals surface area (Å²) < 4.78 is 2.57. The molecule has 0 bridgehead atoms. The first-order valence-electron chi connectivity index (χ1n) is 6.57. The Morgan fingerprint density at radius 2 is 1.89 bits per heavy atom. The Bertz CT molecular complexity index is 382. The number of unbranched alkanes of at least 4 members (excludes halogenated alkanes) is 2. The number of aromatic nitrogens is 2. The molecule has 5 heteroatoms. The minimum atomic E-state index is 0.0318. The molecule has 0 aliphatic rings. The van der Waals surface area contributed by atoms with E-state index in [1.54, 1.807) is 6.33 Å². The molecule has 1 aromatic rings. The largest absolute Gasteiger partial charge is 0.337 e. The van der Waals surface area contributed by atoms with Crippen LogP contribution in [0.5, 0.6) is 0 Å². The van der Waals surface area contributed by atoms with E-state index in [-0.39, 0.29) is 5.91 Å². The first-order chi connectivity index (χ1) is 8.61. The highest BCUT2D eigenvalue weighted by Gasteiger charge is 2.20. The van der Waals surface area contributed by atoms with Crippen molar-refractivity contribution in [1.82, 2.24) is 14.5 Å². The summed E-state index contributed by atoms with van der Waals surface area (Å²) in [6, 6.07) is 0. The van der Waals surface area contributed by atoms with Crippen LogP contribution < -0.4 is 0 Å². The maximum atomic E-state index is 12.4. The quantitative estimate of drug-likeness (QED) is 0.774. The lowest BCUT2D eigenvalue weighted by Gasteiger charge is -2.21. The summed E-state index contributed by atoms with van der Waals surface area (Å²) in [5.74, 6) is 0.0318. The molecule has 1 rings (SSSR count). The summed E-state index contributed by atoms with van der Waals surface area (Å²) >= 11 is 3.41. The van der Waals surface area contributed by atoms with Crippen molar-refractivity contribution in [1.29, 1.82) is 0 Å². The highest BCUT2D eigenvalue weighted by atomic mass is 79.9. The van der Waals surface area contributed by atoms with Crippen LogP contribution in [0.3, 0.4) is 0 Å². The van der Waals surface area contributed by atoms with Crippen molar-refractivity contribution in [2.75, 3.05) is 13.1 Å². The van der Waals surface area contributed by atoms with Gasteiger partial charge in [-0.2, -0.15) is 0 Å². The number of halogens is 1. The molecule has 0 saturated carbocycles. The zero-order valence-electron chi connectivity index (χ0n) is 11.4. The van der Waals surface area contributed by atoms with Crippen molar-refractivity contribution >= 4 is 21.8 Å². The predicted octanol–water partition coefficient (Wildman–Crippen LogP) is 3.23. The third-order valence-corrected chi connectivity index (χ3v) is 3.85. The maximum Gasteiger partial charge on any atom is 0.275 e. The van der Waals surface area contributed by atoms with Crippen LogP contribution in [0.15, 0.2) is 10.9 Å². The van der Waals surface area contributed by atoms with Gasteiger partial charge in [-0.1, -0.05) is 26.7 Å². The molecule has 18 heavy (non-hydrogen) atoms. The fraction of sp³-hybridized carbons (Fsp3) is 0.692. The van der Waals surface area contributed by atoms with Crippen molar-refractivity contribution in [3.63, 3.8) is 0 Å². The topological polar surface area (TPSA) is 38.1 Å². The lowest BCUT2D eigenvalue weighted by molar-refractivity contribution is 0.0744. The number of aryl methyl sites for hydroxylation is 1. The number of rotatable bonds is 7. The van der Waals surface area contributed by atoms with Crippen molar-refractivity contribution < 1.29 is 4.79 Å². The Kier molecular flexibility index (Phi) is 6.39. The predicted molar refractivity (Wildman–Crippen MR) is 76.6 cm³/mol. The van der Waals surface area contributed by atoms with Crippen LogP contribution >= 0.6 is 15.9 Å². The summed E-state index contributed by atoms with van der Waals surface area (Å²) in [6.45, 7) is 5.91. The van der Waals surface area contributed by atoms with Crippen molar-refractivity contribution in [2.24, 2.45) is 7.05 Å². The van der Waals surface area contributed by atoms with Crippen LogP contribution in [0.4, 0.5) is 0 Å². The monoisotopic (exact) mass is 315 g/mol. The average Bonchev–Trinajstić information content (AvgIpc) is 2.69. The number of amides is 1. The average molecular weight is 316 g/mol. The van der Waals surface area contributed by atoms with Crippen molar-refractivity contribution in [2.45, 2.75) is 39.5 Å². The van der Waals surface area contributed by atoms with Crippen LogP contribution in [0, 0.1) is 0 Å². The van der Waals surface area contributed by atoms with Gasteiger partial charge in [-0.05, 0) is 28.8 Å².